The fourth-order valence-corrected chi connectivity index (χ4v) is 4.36. The van der Waals surface area contributed by atoms with Crippen LogP contribution >= 0.6 is 0 Å². The van der Waals surface area contributed by atoms with Gasteiger partial charge < -0.3 is 5.11 Å². The van der Waals surface area contributed by atoms with Gasteiger partial charge in [-0.1, -0.05) is 0 Å². The van der Waals surface area contributed by atoms with Crippen molar-refractivity contribution in [3.05, 3.63) is 0 Å². The summed E-state index contributed by atoms with van der Waals surface area (Å²) in [5, 5.41) is 12.2. The molecule has 0 unspecified atom stereocenters. The third kappa shape index (κ3) is 1.23. The first-order valence-electron chi connectivity index (χ1n) is 5.71. The van der Waals surface area contributed by atoms with Crippen LogP contribution in [0.15, 0.2) is 0 Å². The molecule has 4 bridgehead atoms. The minimum Gasteiger partial charge on any atom is -0.381 e. The number of hydrogen-bond donors (Lipinski definition) is 2. The Morgan fingerprint density at radius 3 is 1.92 bits per heavy atom. The lowest BCUT2D eigenvalue weighted by Crippen LogP contribution is -2.54. The molecule has 0 aliphatic heterocycles. The van der Waals surface area contributed by atoms with Crippen molar-refractivity contribution in [3.63, 3.8) is 0 Å². The van der Waals surface area contributed by atoms with E-state index in [0.29, 0.717) is 6.04 Å². The van der Waals surface area contributed by atoms with Crippen LogP contribution in [-0.4, -0.2) is 17.9 Å². The van der Waals surface area contributed by atoms with Gasteiger partial charge in [0.05, 0.1) is 6.73 Å². The molecule has 4 aliphatic rings. The van der Waals surface area contributed by atoms with Gasteiger partial charge in [-0.2, -0.15) is 0 Å². The number of rotatable bonds is 2. The van der Waals surface area contributed by atoms with Crippen molar-refractivity contribution in [1.82, 2.24) is 5.32 Å². The molecule has 0 amide bonds. The molecule has 4 rings (SSSR count). The van der Waals surface area contributed by atoms with Gasteiger partial charge in [-0.25, -0.2) is 0 Å². The molecule has 0 atom stereocenters. The molecule has 0 aromatic rings. The zero-order valence-corrected chi connectivity index (χ0v) is 8.08. The Balaban J connectivity index is 1.77. The van der Waals surface area contributed by atoms with E-state index in [1.165, 1.54) is 32.1 Å². The van der Waals surface area contributed by atoms with Gasteiger partial charge in [-0.3, -0.25) is 5.32 Å². The van der Waals surface area contributed by atoms with Crippen LogP contribution in [-0.2, 0) is 0 Å². The normalized spacial score (nSPS) is 52.8. The fourth-order valence-electron chi connectivity index (χ4n) is 4.36. The largest absolute Gasteiger partial charge is 0.381 e. The Hall–Kier alpha value is -0.0800. The Labute approximate surface area is 79.7 Å². The van der Waals surface area contributed by atoms with Crippen LogP contribution in [0.2, 0.25) is 0 Å². The first-order chi connectivity index (χ1) is 6.36. The SMILES string of the molecule is OCNC1C2CC3CC(C2)CC1C3. The summed E-state index contributed by atoms with van der Waals surface area (Å²) in [5.74, 6) is 3.87. The Morgan fingerprint density at radius 1 is 0.923 bits per heavy atom. The lowest BCUT2D eigenvalue weighted by atomic mass is 9.54. The Morgan fingerprint density at radius 2 is 1.46 bits per heavy atom. The third-order valence-electron chi connectivity index (χ3n) is 4.55. The molecule has 4 saturated carbocycles. The van der Waals surface area contributed by atoms with Crippen LogP contribution in [0, 0.1) is 23.7 Å². The van der Waals surface area contributed by atoms with Crippen molar-refractivity contribution in [2.45, 2.75) is 38.1 Å². The molecule has 2 heteroatoms. The van der Waals surface area contributed by atoms with Gasteiger partial charge in [0.15, 0.2) is 0 Å². The van der Waals surface area contributed by atoms with Gasteiger partial charge in [0.1, 0.15) is 0 Å². The first kappa shape index (κ1) is 8.25. The quantitative estimate of drug-likeness (QED) is 0.630. The second-order valence-electron chi connectivity index (χ2n) is 5.32. The average molecular weight is 181 g/mol. The number of aliphatic hydroxyl groups excluding tert-OH is 1. The molecule has 4 aliphatic carbocycles. The van der Waals surface area contributed by atoms with Gasteiger partial charge in [-0.15, -0.1) is 0 Å². The number of nitrogens with one attached hydrogen (secondary N) is 1. The summed E-state index contributed by atoms with van der Waals surface area (Å²) in [5.41, 5.74) is 0. The topological polar surface area (TPSA) is 32.3 Å². The highest BCUT2D eigenvalue weighted by Gasteiger charge is 2.47. The molecule has 4 fully saturated rings. The Bertz CT molecular complexity index is 176. The van der Waals surface area contributed by atoms with Crippen LogP contribution in [0.1, 0.15) is 32.1 Å². The van der Waals surface area contributed by atoms with E-state index in [-0.39, 0.29) is 6.73 Å². The predicted octanol–water partition coefficient (Wildman–Crippen LogP) is 1.35. The van der Waals surface area contributed by atoms with Crippen LogP contribution in [0.25, 0.3) is 0 Å². The zero-order chi connectivity index (χ0) is 8.84. The molecule has 2 N–H and O–H groups in total. The second kappa shape index (κ2) is 2.96. The second-order valence-corrected chi connectivity index (χ2v) is 5.32. The molecular formula is C11H19NO. The van der Waals surface area contributed by atoms with Gasteiger partial charge in [0.2, 0.25) is 0 Å². The summed E-state index contributed by atoms with van der Waals surface area (Å²) in [7, 11) is 0. The molecule has 2 nitrogen and oxygen atoms in total. The smallest absolute Gasteiger partial charge is 0.0933 e. The summed E-state index contributed by atoms with van der Waals surface area (Å²) in [6.45, 7) is 0.174. The van der Waals surface area contributed by atoms with Crippen LogP contribution in [0.3, 0.4) is 0 Å². The van der Waals surface area contributed by atoms with Crippen molar-refractivity contribution in [2.75, 3.05) is 6.73 Å². The minimum absolute atomic E-state index is 0.174. The van der Waals surface area contributed by atoms with Crippen molar-refractivity contribution in [1.29, 1.82) is 0 Å². The molecule has 0 radical (unpaired) electrons. The van der Waals surface area contributed by atoms with E-state index in [2.05, 4.69) is 5.32 Å². The molecule has 74 valence electrons. The maximum absolute atomic E-state index is 8.94. The van der Waals surface area contributed by atoms with Crippen molar-refractivity contribution >= 4 is 0 Å². The number of hydrogen-bond acceptors (Lipinski definition) is 2. The van der Waals surface area contributed by atoms with Gasteiger partial charge in [0, 0.05) is 6.04 Å². The molecule has 13 heavy (non-hydrogen) atoms. The van der Waals surface area contributed by atoms with E-state index < -0.39 is 0 Å². The van der Waals surface area contributed by atoms with Crippen LogP contribution in [0.5, 0.6) is 0 Å². The zero-order valence-electron chi connectivity index (χ0n) is 8.08. The van der Waals surface area contributed by atoms with Crippen molar-refractivity contribution in [3.8, 4) is 0 Å². The minimum atomic E-state index is 0.174. The molecule has 0 saturated heterocycles. The maximum atomic E-state index is 8.94. The Kier molecular flexibility index (Phi) is 1.88. The summed E-state index contributed by atoms with van der Waals surface area (Å²) in [6, 6.07) is 0.651. The van der Waals surface area contributed by atoms with Crippen molar-refractivity contribution < 1.29 is 5.11 Å². The highest BCUT2D eigenvalue weighted by molar-refractivity contribution is 5.00. The van der Waals surface area contributed by atoms with Crippen LogP contribution < -0.4 is 5.32 Å². The third-order valence-corrected chi connectivity index (χ3v) is 4.55. The molecule has 0 heterocycles. The van der Waals surface area contributed by atoms with Gasteiger partial charge in [-0.05, 0) is 55.8 Å². The summed E-state index contributed by atoms with van der Waals surface area (Å²) in [6.07, 6.45) is 7.25. The lowest BCUT2D eigenvalue weighted by Gasteiger charge is -2.54. The van der Waals surface area contributed by atoms with E-state index in [4.69, 9.17) is 5.11 Å². The van der Waals surface area contributed by atoms with E-state index in [0.717, 1.165) is 23.7 Å². The highest BCUT2D eigenvalue weighted by atomic mass is 16.3. The van der Waals surface area contributed by atoms with Gasteiger partial charge >= 0.3 is 0 Å². The highest BCUT2D eigenvalue weighted by Crippen LogP contribution is 2.53. The maximum Gasteiger partial charge on any atom is 0.0933 e. The molecule has 0 aromatic carbocycles. The standard InChI is InChI=1S/C11H19NO/c13-6-12-11-9-2-7-1-8(4-9)5-10(11)3-7/h7-13H,1-6H2. The molecular weight excluding hydrogens is 162 g/mol. The van der Waals surface area contributed by atoms with Crippen molar-refractivity contribution in [2.24, 2.45) is 23.7 Å². The van der Waals surface area contributed by atoms with E-state index >= 15 is 0 Å². The lowest BCUT2D eigenvalue weighted by molar-refractivity contribution is -0.0213. The number of aliphatic hydroxyl groups is 1. The fraction of sp³-hybridized carbons (Fsp3) is 1.00. The predicted molar refractivity (Wildman–Crippen MR) is 51.1 cm³/mol. The van der Waals surface area contributed by atoms with Gasteiger partial charge in [0.25, 0.3) is 0 Å². The van der Waals surface area contributed by atoms with E-state index in [1.54, 1.807) is 0 Å². The summed E-state index contributed by atoms with van der Waals surface area (Å²) in [4.78, 5) is 0. The van der Waals surface area contributed by atoms with E-state index in [9.17, 15) is 0 Å². The first-order valence-corrected chi connectivity index (χ1v) is 5.71. The summed E-state index contributed by atoms with van der Waals surface area (Å²) >= 11 is 0. The average Bonchev–Trinajstić information content (AvgIpc) is 2.10. The monoisotopic (exact) mass is 181 g/mol. The molecule has 0 spiro atoms. The summed E-state index contributed by atoms with van der Waals surface area (Å²) < 4.78 is 0. The van der Waals surface area contributed by atoms with Crippen LogP contribution in [0.4, 0.5) is 0 Å². The molecule has 0 aromatic heterocycles. The van der Waals surface area contributed by atoms with E-state index in [1.807, 2.05) is 0 Å².